The topological polar surface area (TPSA) is 37.0 Å². The molecule has 2 rings (SSSR count). The molecule has 2 N–H and O–H groups in total. The van der Waals surface area contributed by atoms with E-state index in [1.54, 1.807) is 13.2 Å². The molecule has 1 aromatic carbocycles. The third-order valence-corrected chi connectivity index (χ3v) is 2.63. The van der Waals surface area contributed by atoms with Gasteiger partial charge in [-0.15, -0.1) is 0 Å². The number of ether oxygens (including phenoxy) is 1. The molecule has 16 heavy (non-hydrogen) atoms. The standard InChI is InChI=1S/C12H13ClN2O/c1-16-10-2-3-12(11(13)6-10)15-8-9-4-5-14-7-9/h2-7,14-15H,8H2,1H3. The van der Waals surface area contributed by atoms with Gasteiger partial charge in [-0.2, -0.15) is 0 Å². The largest absolute Gasteiger partial charge is 0.497 e. The van der Waals surface area contributed by atoms with Crippen molar-refractivity contribution in [3.05, 3.63) is 47.2 Å². The van der Waals surface area contributed by atoms with Gasteiger partial charge in [-0.1, -0.05) is 11.6 Å². The Morgan fingerprint density at radius 3 is 2.88 bits per heavy atom. The summed E-state index contributed by atoms with van der Waals surface area (Å²) >= 11 is 6.10. The summed E-state index contributed by atoms with van der Waals surface area (Å²) in [5.41, 5.74) is 2.09. The van der Waals surface area contributed by atoms with Gasteiger partial charge in [0.2, 0.25) is 0 Å². The number of aromatic nitrogens is 1. The molecule has 0 atom stereocenters. The minimum atomic E-state index is 0.662. The Bertz CT molecular complexity index is 454. The number of hydrogen-bond donors (Lipinski definition) is 2. The van der Waals surface area contributed by atoms with Gasteiger partial charge in [0.1, 0.15) is 5.75 Å². The molecular weight excluding hydrogens is 224 g/mol. The number of hydrogen-bond acceptors (Lipinski definition) is 2. The average Bonchev–Trinajstić information content (AvgIpc) is 2.80. The quantitative estimate of drug-likeness (QED) is 0.855. The summed E-state index contributed by atoms with van der Waals surface area (Å²) in [4.78, 5) is 3.01. The number of methoxy groups -OCH3 is 1. The van der Waals surface area contributed by atoms with E-state index >= 15 is 0 Å². The molecule has 1 aromatic heterocycles. The number of H-pyrrole nitrogens is 1. The molecule has 4 heteroatoms. The maximum absolute atomic E-state index is 6.10. The first-order valence-corrected chi connectivity index (χ1v) is 5.36. The van der Waals surface area contributed by atoms with E-state index in [-0.39, 0.29) is 0 Å². The smallest absolute Gasteiger partial charge is 0.120 e. The van der Waals surface area contributed by atoms with Gasteiger partial charge in [-0.3, -0.25) is 0 Å². The first kappa shape index (κ1) is 10.9. The van der Waals surface area contributed by atoms with Crippen molar-refractivity contribution in [3.8, 4) is 5.75 Å². The fourth-order valence-corrected chi connectivity index (χ4v) is 1.67. The van der Waals surface area contributed by atoms with Gasteiger partial charge in [0.05, 0.1) is 17.8 Å². The average molecular weight is 237 g/mol. The van der Waals surface area contributed by atoms with E-state index in [0.29, 0.717) is 5.02 Å². The molecule has 0 aliphatic heterocycles. The lowest BCUT2D eigenvalue weighted by Crippen LogP contribution is -1.98. The Kier molecular flexibility index (Phi) is 3.37. The Hall–Kier alpha value is -1.61. The first-order valence-electron chi connectivity index (χ1n) is 4.98. The minimum absolute atomic E-state index is 0.662. The third kappa shape index (κ3) is 2.49. The van der Waals surface area contributed by atoms with Crippen LogP contribution in [0.1, 0.15) is 5.56 Å². The van der Waals surface area contributed by atoms with Crippen LogP contribution in [0.3, 0.4) is 0 Å². The lowest BCUT2D eigenvalue weighted by Gasteiger charge is -2.08. The summed E-state index contributed by atoms with van der Waals surface area (Å²) in [5.74, 6) is 0.761. The molecule has 0 unspecified atom stereocenters. The van der Waals surface area contributed by atoms with Gasteiger partial charge in [-0.05, 0) is 23.8 Å². The highest BCUT2D eigenvalue weighted by Gasteiger charge is 2.01. The zero-order valence-electron chi connectivity index (χ0n) is 8.96. The molecule has 0 aliphatic rings. The Balaban J connectivity index is 2.04. The van der Waals surface area contributed by atoms with Gasteiger partial charge >= 0.3 is 0 Å². The van der Waals surface area contributed by atoms with E-state index in [9.17, 15) is 0 Å². The van der Waals surface area contributed by atoms with Crippen molar-refractivity contribution in [1.29, 1.82) is 0 Å². The van der Waals surface area contributed by atoms with E-state index in [1.807, 2.05) is 30.6 Å². The van der Waals surface area contributed by atoms with Crippen LogP contribution < -0.4 is 10.1 Å². The Morgan fingerprint density at radius 2 is 2.25 bits per heavy atom. The fourth-order valence-electron chi connectivity index (χ4n) is 1.43. The van der Waals surface area contributed by atoms with Gasteiger partial charge in [-0.25, -0.2) is 0 Å². The SMILES string of the molecule is COc1ccc(NCc2cc[nH]c2)c(Cl)c1. The predicted molar refractivity (Wildman–Crippen MR) is 66.1 cm³/mol. The zero-order chi connectivity index (χ0) is 11.4. The summed E-state index contributed by atoms with van der Waals surface area (Å²) in [6, 6.07) is 7.60. The molecule has 0 radical (unpaired) electrons. The van der Waals surface area contributed by atoms with Crippen molar-refractivity contribution in [1.82, 2.24) is 4.98 Å². The Morgan fingerprint density at radius 1 is 1.38 bits per heavy atom. The molecule has 0 saturated carbocycles. The van der Waals surface area contributed by atoms with Crippen LogP contribution in [0, 0.1) is 0 Å². The van der Waals surface area contributed by atoms with Gasteiger partial charge in [0.15, 0.2) is 0 Å². The molecular formula is C12H13ClN2O. The summed E-state index contributed by atoms with van der Waals surface area (Å²) in [6.45, 7) is 0.746. The second kappa shape index (κ2) is 4.94. The maximum atomic E-state index is 6.10. The molecule has 0 aliphatic carbocycles. The molecule has 84 valence electrons. The minimum Gasteiger partial charge on any atom is -0.497 e. The highest BCUT2D eigenvalue weighted by atomic mass is 35.5. The van der Waals surface area contributed by atoms with Crippen molar-refractivity contribution in [2.45, 2.75) is 6.54 Å². The van der Waals surface area contributed by atoms with Crippen LogP contribution in [0.25, 0.3) is 0 Å². The highest BCUT2D eigenvalue weighted by Crippen LogP contribution is 2.26. The van der Waals surface area contributed by atoms with Crippen LogP contribution in [-0.2, 0) is 6.54 Å². The molecule has 0 fully saturated rings. The molecule has 0 amide bonds. The molecule has 0 bridgehead atoms. The summed E-state index contributed by atoms with van der Waals surface area (Å²) in [6.07, 6.45) is 3.84. The van der Waals surface area contributed by atoms with Gasteiger partial charge in [0.25, 0.3) is 0 Å². The zero-order valence-corrected chi connectivity index (χ0v) is 9.71. The fraction of sp³-hybridized carbons (Fsp3) is 0.167. The molecule has 3 nitrogen and oxygen atoms in total. The van der Waals surface area contributed by atoms with Crippen LogP contribution in [0.2, 0.25) is 5.02 Å². The molecule has 2 aromatic rings. The summed E-state index contributed by atoms with van der Waals surface area (Å²) in [5, 5.41) is 3.92. The Labute approximate surface area is 99.4 Å². The number of anilines is 1. The second-order valence-electron chi connectivity index (χ2n) is 3.42. The monoisotopic (exact) mass is 236 g/mol. The van der Waals surface area contributed by atoms with E-state index < -0.39 is 0 Å². The van der Waals surface area contributed by atoms with Crippen LogP contribution in [-0.4, -0.2) is 12.1 Å². The van der Waals surface area contributed by atoms with Crippen molar-refractivity contribution in [3.63, 3.8) is 0 Å². The van der Waals surface area contributed by atoms with Crippen LogP contribution in [0.5, 0.6) is 5.75 Å². The summed E-state index contributed by atoms with van der Waals surface area (Å²) < 4.78 is 5.08. The first-order chi connectivity index (χ1) is 7.79. The lowest BCUT2D eigenvalue weighted by molar-refractivity contribution is 0.415. The lowest BCUT2D eigenvalue weighted by atomic mass is 10.2. The second-order valence-corrected chi connectivity index (χ2v) is 3.83. The van der Waals surface area contributed by atoms with Crippen LogP contribution in [0.15, 0.2) is 36.7 Å². The van der Waals surface area contributed by atoms with Crippen molar-refractivity contribution in [2.75, 3.05) is 12.4 Å². The third-order valence-electron chi connectivity index (χ3n) is 2.32. The van der Waals surface area contributed by atoms with Crippen molar-refractivity contribution < 1.29 is 4.74 Å². The number of aromatic amines is 1. The molecule has 0 spiro atoms. The van der Waals surface area contributed by atoms with E-state index in [4.69, 9.17) is 16.3 Å². The van der Waals surface area contributed by atoms with E-state index in [1.165, 1.54) is 5.56 Å². The molecule has 0 saturated heterocycles. The number of nitrogens with one attached hydrogen (secondary N) is 2. The van der Waals surface area contributed by atoms with E-state index in [0.717, 1.165) is 18.0 Å². The number of benzene rings is 1. The predicted octanol–water partition coefficient (Wildman–Crippen LogP) is 3.29. The summed E-state index contributed by atoms with van der Waals surface area (Å²) in [7, 11) is 1.62. The van der Waals surface area contributed by atoms with E-state index in [2.05, 4.69) is 10.3 Å². The molecule has 1 heterocycles. The number of rotatable bonds is 4. The van der Waals surface area contributed by atoms with Crippen molar-refractivity contribution >= 4 is 17.3 Å². The van der Waals surface area contributed by atoms with Crippen LogP contribution >= 0.6 is 11.6 Å². The maximum Gasteiger partial charge on any atom is 0.120 e. The van der Waals surface area contributed by atoms with Crippen molar-refractivity contribution in [2.24, 2.45) is 0 Å². The van der Waals surface area contributed by atoms with Crippen LogP contribution in [0.4, 0.5) is 5.69 Å². The number of halogens is 1. The van der Waals surface area contributed by atoms with Gasteiger partial charge in [0, 0.05) is 25.0 Å². The highest BCUT2D eigenvalue weighted by molar-refractivity contribution is 6.33. The normalized spacial score (nSPS) is 10.1. The van der Waals surface area contributed by atoms with Gasteiger partial charge < -0.3 is 15.0 Å².